The fourth-order valence-electron chi connectivity index (χ4n) is 0.974. The van der Waals surface area contributed by atoms with Gasteiger partial charge in [0.1, 0.15) is 10.4 Å². The fraction of sp³-hybridized carbons (Fsp3) is 0. The number of halogens is 3. The molecule has 0 aliphatic carbocycles. The van der Waals surface area contributed by atoms with Crippen molar-refractivity contribution in [1.29, 1.82) is 0 Å². The highest BCUT2D eigenvalue weighted by atomic mass is 79.9. The van der Waals surface area contributed by atoms with E-state index in [-0.39, 0.29) is 5.82 Å². The second-order valence-corrected chi connectivity index (χ2v) is 3.97. The Bertz CT molecular complexity index is 438. The van der Waals surface area contributed by atoms with Crippen LogP contribution < -0.4 is 0 Å². The number of H-pyrrole nitrogens is 1. The summed E-state index contributed by atoms with van der Waals surface area (Å²) < 4.78 is 14.1. The Labute approximate surface area is 84.4 Å². The number of benzene rings is 1. The highest BCUT2D eigenvalue weighted by Gasteiger charge is 2.06. The normalized spacial score (nSPS) is 10.9. The van der Waals surface area contributed by atoms with Gasteiger partial charge in [-0.3, -0.25) is 5.10 Å². The van der Waals surface area contributed by atoms with Crippen molar-refractivity contribution < 1.29 is 4.39 Å². The van der Waals surface area contributed by atoms with Gasteiger partial charge in [-0.1, -0.05) is 0 Å². The van der Waals surface area contributed by atoms with Crippen LogP contribution in [-0.4, -0.2) is 10.2 Å². The lowest BCUT2D eigenvalue weighted by Gasteiger charge is -1.92. The molecule has 0 aliphatic heterocycles. The van der Waals surface area contributed by atoms with E-state index in [2.05, 4.69) is 42.1 Å². The largest absolute Gasteiger partial charge is 0.270 e. The van der Waals surface area contributed by atoms with Gasteiger partial charge in [-0.2, -0.15) is 5.10 Å². The average molecular weight is 294 g/mol. The molecule has 1 aromatic carbocycles. The molecule has 2 nitrogen and oxygen atoms in total. The predicted molar refractivity (Wildman–Crippen MR) is 51.5 cm³/mol. The molecule has 0 unspecified atom stereocenters. The molecule has 0 bridgehead atoms. The highest BCUT2D eigenvalue weighted by Crippen LogP contribution is 2.26. The van der Waals surface area contributed by atoms with Crippen molar-refractivity contribution in [2.24, 2.45) is 0 Å². The Morgan fingerprint density at radius 3 is 2.83 bits per heavy atom. The minimum absolute atomic E-state index is 0.287. The maximum atomic E-state index is 13.0. The lowest BCUT2D eigenvalue weighted by Crippen LogP contribution is -1.76. The van der Waals surface area contributed by atoms with Gasteiger partial charge in [0, 0.05) is 5.39 Å². The van der Waals surface area contributed by atoms with E-state index in [4.69, 9.17) is 0 Å². The first-order valence-corrected chi connectivity index (χ1v) is 4.75. The van der Waals surface area contributed by atoms with Crippen LogP contribution in [0, 0.1) is 5.82 Å². The fourth-order valence-corrected chi connectivity index (χ4v) is 1.71. The van der Waals surface area contributed by atoms with Crippen molar-refractivity contribution in [3.63, 3.8) is 0 Å². The monoisotopic (exact) mass is 292 g/mol. The zero-order valence-electron chi connectivity index (χ0n) is 5.74. The van der Waals surface area contributed by atoms with E-state index < -0.39 is 0 Å². The van der Waals surface area contributed by atoms with Crippen LogP contribution in [0.1, 0.15) is 0 Å². The quantitative estimate of drug-likeness (QED) is 0.794. The van der Waals surface area contributed by atoms with Gasteiger partial charge in [0.05, 0.1) is 9.99 Å². The molecule has 0 amide bonds. The minimum Gasteiger partial charge on any atom is -0.270 e. The summed E-state index contributed by atoms with van der Waals surface area (Å²) in [7, 11) is 0. The lowest BCUT2D eigenvalue weighted by molar-refractivity contribution is 0.623. The van der Waals surface area contributed by atoms with Crippen LogP contribution in [0.3, 0.4) is 0 Å². The molecule has 0 saturated heterocycles. The number of nitrogens with zero attached hydrogens (tertiary/aromatic N) is 1. The molecule has 1 aromatic heterocycles. The number of hydrogen-bond donors (Lipinski definition) is 1. The summed E-state index contributed by atoms with van der Waals surface area (Å²) in [5.41, 5.74) is 0.732. The number of nitrogens with one attached hydrogen (secondary N) is 1. The van der Waals surface area contributed by atoms with Gasteiger partial charge in [-0.15, -0.1) is 0 Å². The molecule has 0 aliphatic rings. The molecule has 0 spiro atoms. The molecule has 0 saturated carbocycles. The van der Waals surface area contributed by atoms with Crippen molar-refractivity contribution in [1.82, 2.24) is 10.2 Å². The maximum Gasteiger partial charge on any atom is 0.138 e. The second-order valence-electron chi connectivity index (χ2n) is 2.32. The molecule has 2 aromatic rings. The molecule has 0 fully saturated rings. The van der Waals surface area contributed by atoms with Gasteiger partial charge in [-0.05, 0) is 44.0 Å². The third-order valence-electron chi connectivity index (χ3n) is 1.55. The van der Waals surface area contributed by atoms with Gasteiger partial charge in [0.15, 0.2) is 0 Å². The van der Waals surface area contributed by atoms with Gasteiger partial charge >= 0.3 is 0 Å². The molecular formula is C7H3Br2FN2. The third kappa shape index (κ3) is 1.17. The molecule has 1 N–H and O–H groups in total. The SMILES string of the molecule is Fc1cc2c(Br)[nH]nc2cc1Br. The molecule has 5 heteroatoms. The third-order valence-corrected chi connectivity index (χ3v) is 2.76. The first-order chi connectivity index (χ1) is 5.68. The number of rotatable bonds is 0. The molecule has 0 atom stereocenters. The summed E-state index contributed by atoms with van der Waals surface area (Å²) in [5, 5.41) is 7.41. The zero-order valence-corrected chi connectivity index (χ0v) is 8.91. The van der Waals surface area contributed by atoms with Gasteiger partial charge < -0.3 is 0 Å². The molecular weight excluding hydrogens is 291 g/mol. The standard InChI is InChI=1S/C7H3Br2FN2/c8-4-2-6-3(1-5(4)10)7(9)12-11-6/h1-2H,(H,11,12). The Morgan fingerprint density at radius 1 is 1.33 bits per heavy atom. The number of fused-ring (bicyclic) bond motifs is 1. The molecule has 12 heavy (non-hydrogen) atoms. The molecule has 1 heterocycles. The summed E-state index contributed by atoms with van der Waals surface area (Å²) in [4.78, 5) is 0. The first kappa shape index (κ1) is 8.19. The van der Waals surface area contributed by atoms with Crippen LogP contribution in [0.5, 0.6) is 0 Å². The van der Waals surface area contributed by atoms with E-state index in [1.54, 1.807) is 6.07 Å². The number of aromatic amines is 1. The van der Waals surface area contributed by atoms with Crippen molar-refractivity contribution in [3.05, 3.63) is 27.0 Å². The summed E-state index contributed by atoms with van der Waals surface area (Å²) in [6.07, 6.45) is 0. The van der Waals surface area contributed by atoms with E-state index in [0.29, 0.717) is 9.08 Å². The average Bonchev–Trinajstić information content (AvgIpc) is 2.35. The van der Waals surface area contributed by atoms with E-state index in [1.807, 2.05) is 0 Å². The highest BCUT2D eigenvalue weighted by molar-refractivity contribution is 9.10. The van der Waals surface area contributed by atoms with Crippen LogP contribution in [0.4, 0.5) is 4.39 Å². The summed E-state index contributed by atoms with van der Waals surface area (Å²) in [6.45, 7) is 0. The Kier molecular flexibility index (Phi) is 1.92. The van der Waals surface area contributed by atoms with Crippen molar-refractivity contribution in [2.45, 2.75) is 0 Å². The maximum absolute atomic E-state index is 13.0. The second kappa shape index (κ2) is 2.81. The minimum atomic E-state index is -0.287. The summed E-state index contributed by atoms with van der Waals surface area (Å²) >= 11 is 6.31. The van der Waals surface area contributed by atoms with Crippen LogP contribution in [0.15, 0.2) is 21.2 Å². The number of hydrogen-bond acceptors (Lipinski definition) is 1. The van der Waals surface area contributed by atoms with Crippen LogP contribution in [0.2, 0.25) is 0 Å². The Balaban J connectivity index is 2.87. The van der Waals surface area contributed by atoms with Crippen LogP contribution >= 0.6 is 31.9 Å². The van der Waals surface area contributed by atoms with Crippen molar-refractivity contribution in [3.8, 4) is 0 Å². The molecule has 2 rings (SSSR count). The topological polar surface area (TPSA) is 28.7 Å². The van der Waals surface area contributed by atoms with E-state index >= 15 is 0 Å². The van der Waals surface area contributed by atoms with E-state index in [0.717, 1.165) is 10.9 Å². The first-order valence-electron chi connectivity index (χ1n) is 3.17. The van der Waals surface area contributed by atoms with Crippen molar-refractivity contribution >= 4 is 42.8 Å². The Morgan fingerprint density at radius 2 is 2.08 bits per heavy atom. The van der Waals surface area contributed by atoms with Crippen LogP contribution in [-0.2, 0) is 0 Å². The van der Waals surface area contributed by atoms with Gasteiger partial charge in [0.25, 0.3) is 0 Å². The van der Waals surface area contributed by atoms with Crippen LogP contribution in [0.25, 0.3) is 10.9 Å². The zero-order chi connectivity index (χ0) is 8.72. The van der Waals surface area contributed by atoms with E-state index in [9.17, 15) is 4.39 Å². The molecule has 62 valence electrons. The van der Waals surface area contributed by atoms with Gasteiger partial charge in [-0.25, -0.2) is 4.39 Å². The van der Waals surface area contributed by atoms with Crippen molar-refractivity contribution in [2.75, 3.05) is 0 Å². The predicted octanol–water partition coefficient (Wildman–Crippen LogP) is 3.23. The summed E-state index contributed by atoms with van der Waals surface area (Å²) in [6, 6.07) is 3.05. The van der Waals surface area contributed by atoms with E-state index in [1.165, 1.54) is 6.07 Å². The molecule has 0 radical (unpaired) electrons. The number of aromatic nitrogens is 2. The lowest BCUT2D eigenvalue weighted by atomic mass is 10.2. The summed E-state index contributed by atoms with van der Waals surface area (Å²) in [5.74, 6) is -0.287. The Hall–Kier alpha value is -0.420. The van der Waals surface area contributed by atoms with Gasteiger partial charge in [0.2, 0.25) is 0 Å². The smallest absolute Gasteiger partial charge is 0.138 e.